The number of aromatic amines is 1. The van der Waals surface area contributed by atoms with Gasteiger partial charge in [-0.1, -0.05) is 23.7 Å². The molecule has 0 atom stereocenters. The topological polar surface area (TPSA) is 91.0 Å². The van der Waals surface area contributed by atoms with Gasteiger partial charge in [-0.3, -0.25) is 9.59 Å². The molecule has 1 amide bonds. The second-order valence-corrected chi connectivity index (χ2v) is 9.79. The van der Waals surface area contributed by atoms with E-state index in [1.807, 2.05) is 12.1 Å². The van der Waals surface area contributed by atoms with Gasteiger partial charge in [0, 0.05) is 49.0 Å². The number of H-pyrrole nitrogens is 1. The van der Waals surface area contributed by atoms with Crippen LogP contribution in [-0.2, 0) is 17.9 Å². The highest BCUT2D eigenvalue weighted by atomic mass is 35.5. The van der Waals surface area contributed by atoms with E-state index in [0.29, 0.717) is 35.1 Å². The van der Waals surface area contributed by atoms with E-state index in [9.17, 15) is 22.8 Å². The van der Waals surface area contributed by atoms with Crippen molar-refractivity contribution in [2.75, 3.05) is 5.32 Å². The number of nitrogens with zero attached hydrogens (tertiary/aromatic N) is 3. The highest BCUT2D eigenvalue weighted by Gasteiger charge is 2.50. The molecule has 2 N–H and O–H groups in total. The van der Waals surface area contributed by atoms with E-state index in [-0.39, 0.29) is 28.1 Å². The first kappa shape index (κ1) is 23.5. The lowest BCUT2D eigenvalue weighted by atomic mass is 9.80. The predicted octanol–water partition coefficient (Wildman–Crippen LogP) is 5.41. The Labute approximate surface area is 213 Å². The predicted molar refractivity (Wildman–Crippen MR) is 132 cm³/mol. The van der Waals surface area contributed by atoms with E-state index in [0.717, 1.165) is 17.3 Å². The summed E-state index contributed by atoms with van der Waals surface area (Å²) in [6, 6.07) is 10.3. The molecule has 0 spiro atoms. The average molecular weight is 526 g/mol. The number of amides is 1. The van der Waals surface area contributed by atoms with Crippen molar-refractivity contribution in [2.24, 2.45) is 5.92 Å². The van der Waals surface area contributed by atoms with Crippen LogP contribution in [0, 0.1) is 11.7 Å². The van der Waals surface area contributed by atoms with Crippen LogP contribution >= 0.6 is 11.6 Å². The molecule has 2 aromatic carbocycles. The standard InChI is InChI=1S/C26H19ClF3N5O2/c27-19-7-18-13(3-4-31-24(18)36)6-21(19)33-23-20(28)10-32-22(34-23)14-1-2-15-11-35(12-16(15)5-14)25(37)17-8-26(29,30)9-17/h1-7,10,17H,8-9,11-12H2,(H,31,36)(H,32,33,34). The zero-order valence-corrected chi connectivity index (χ0v) is 20.0. The molecule has 3 heterocycles. The van der Waals surface area contributed by atoms with Gasteiger partial charge in [-0.05, 0) is 40.8 Å². The molecule has 6 rings (SSSR count). The van der Waals surface area contributed by atoms with Gasteiger partial charge in [0.1, 0.15) is 0 Å². The van der Waals surface area contributed by atoms with E-state index in [1.165, 1.54) is 12.3 Å². The molecule has 7 nitrogen and oxygen atoms in total. The fourth-order valence-corrected chi connectivity index (χ4v) is 5.02. The summed E-state index contributed by atoms with van der Waals surface area (Å²) in [5.74, 6) is -4.19. The van der Waals surface area contributed by atoms with E-state index < -0.39 is 30.5 Å². The van der Waals surface area contributed by atoms with Gasteiger partial charge < -0.3 is 15.2 Å². The number of aromatic nitrogens is 3. The maximum absolute atomic E-state index is 14.6. The number of pyridine rings is 1. The van der Waals surface area contributed by atoms with Crippen LogP contribution in [0.25, 0.3) is 22.2 Å². The van der Waals surface area contributed by atoms with E-state index in [4.69, 9.17) is 11.6 Å². The number of anilines is 2. The van der Waals surface area contributed by atoms with Crippen molar-refractivity contribution < 1.29 is 18.0 Å². The van der Waals surface area contributed by atoms with Crippen molar-refractivity contribution in [3.05, 3.63) is 81.1 Å². The summed E-state index contributed by atoms with van der Waals surface area (Å²) in [5, 5.41) is 4.12. The zero-order valence-electron chi connectivity index (χ0n) is 19.2. The summed E-state index contributed by atoms with van der Waals surface area (Å²) in [7, 11) is 0. The number of halogens is 4. The quantitative estimate of drug-likeness (QED) is 0.372. The summed E-state index contributed by atoms with van der Waals surface area (Å²) >= 11 is 6.33. The zero-order chi connectivity index (χ0) is 25.9. The minimum absolute atomic E-state index is 0.0979. The Kier molecular flexibility index (Phi) is 5.45. The number of hydrogen-bond donors (Lipinski definition) is 2. The first-order valence-electron chi connectivity index (χ1n) is 11.6. The van der Waals surface area contributed by atoms with Crippen molar-refractivity contribution in [3.8, 4) is 11.4 Å². The van der Waals surface area contributed by atoms with E-state index in [1.54, 1.807) is 23.1 Å². The summed E-state index contributed by atoms with van der Waals surface area (Å²) in [4.78, 5) is 37.2. The Morgan fingerprint density at radius 2 is 1.92 bits per heavy atom. The Morgan fingerprint density at radius 1 is 1.14 bits per heavy atom. The monoisotopic (exact) mass is 525 g/mol. The second-order valence-electron chi connectivity index (χ2n) is 9.38. The number of alkyl halides is 2. The van der Waals surface area contributed by atoms with Gasteiger partial charge in [0.2, 0.25) is 11.8 Å². The fraction of sp³-hybridized carbons (Fsp3) is 0.231. The van der Waals surface area contributed by atoms with Crippen LogP contribution in [0.5, 0.6) is 0 Å². The van der Waals surface area contributed by atoms with Gasteiger partial charge in [0.25, 0.3) is 5.56 Å². The molecule has 1 aliphatic heterocycles. The minimum atomic E-state index is -2.75. The summed E-state index contributed by atoms with van der Waals surface area (Å²) in [6.07, 6.45) is 1.75. The third-order valence-corrected chi connectivity index (χ3v) is 7.11. The number of benzene rings is 2. The number of hydrogen-bond acceptors (Lipinski definition) is 5. The molecule has 0 unspecified atom stereocenters. The lowest BCUT2D eigenvalue weighted by molar-refractivity contribution is -0.160. The largest absolute Gasteiger partial charge is 0.336 e. The van der Waals surface area contributed by atoms with Crippen molar-refractivity contribution in [2.45, 2.75) is 31.9 Å². The third kappa shape index (κ3) is 4.31. The molecule has 0 bridgehead atoms. The van der Waals surface area contributed by atoms with Gasteiger partial charge in [-0.25, -0.2) is 23.1 Å². The first-order chi connectivity index (χ1) is 17.7. The van der Waals surface area contributed by atoms with Gasteiger partial charge in [-0.2, -0.15) is 0 Å². The molecule has 188 valence electrons. The van der Waals surface area contributed by atoms with E-state index >= 15 is 0 Å². The lowest BCUT2D eigenvalue weighted by Crippen LogP contribution is -2.45. The van der Waals surface area contributed by atoms with Crippen LogP contribution in [0.3, 0.4) is 0 Å². The fourth-order valence-electron chi connectivity index (χ4n) is 4.81. The van der Waals surface area contributed by atoms with Crippen molar-refractivity contribution in [1.82, 2.24) is 19.9 Å². The van der Waals surface area contributed by atoms with Crippen molar-refractivity contribution >= 4 is 39.8 Å². The van der Waals surface area contributed by atoms with Gasteiger partial charge >= 0.3 is 0 Å². The Balaban J connectivity index is 1.25. The van der Waals surface area contributed by atoms with Gasteiger partial charge in [0.05, 0.1) is 16.9 Å². The smallest absolute Gasteiger partial charge is 0.255 e. The van der Waals surface area contributed by atoms with Gasteiger partial charge in [-0.15, -0.1) is 0 Å². The SMILES string of the molecule is O=C(C1CC(F)(F)C1)N1Cc2ccc(-c3ncc(F)c(Nc4cc5cc[nH]c(=O)c5cc4Cl)n3)cc2C1. The number of rotatable bonds is 4. The molecule has 0 radical (unpaired) electrons. The highest BCUT2D eigenvalue weighted by Crippen LogP contribution is 2.44. The normalized spacial score (nSPS) is 16.5. The highest BCUT2D eigenvalue weighted by molar-refractivity contribution is 6.34. The number of carbonyl (C=O) groups excluding carboxylic acids is 1. The summed E-state index contributed by atoms with van der Waals surface area (Å²) in [6.45, 7) is 0.666. The summed E-state index contributed by atoms with van der Waals surface area (Å²) in [5.41, 5.74) is 2.48. The molecule has 1 aliphatic carbocycles. The van der Waals surface area contributed by atoms with Crippen LogP contribution in [0.1, 0.15) is 24.0 Å². The minimum Gasteiger partial charge on any atom is -0.336 e. The molecule has 1 saturated carbocycles. The summed E-state index contributed by atoms with van der Waals surface area (Å²) < 4.78 is 41.0. The third-order valence-electron chi connectivity index (χ3n) is 6.80. The average Bonchev–Trinajstić information content (AvgIpc) is 3.28. The van der Waals surface area contributed by atoms with Crippen LogP contribution in [0.15, 0.2) is 53.6 Å². The van der Waals surface area contributed by atoms with Crippen LogP contribution in [0.4, 0.5) is 24.7 Å². The molecule has 2 aliphatic rings. The molecule has 4 aromatic rings. The van der Waals surface area contributed by atoms with Gasteiger partial charge in [0.15, 0.2) is 17.5 Å². The van der Waals surface area contributed by atoms with Crippen LogP contribution in [-0.4, -0.2) is 31.7 Å². The van der Waals surface area contributed by atoms with E-state index in [2.05, 4.69) is 20.3 Å². The molecule has 2 aromatic heterocycles. The maximum Gasteiger partial charge on any atom is 0.255 e. The molecule has 0 saturated heterocycles. The van der Waals surface area contributed by atoms with Crippen LogP contribution < -0.4 is 10.9 Å². The molecular formula is C26H19ClF3N5O2. The second kappa shape index (κ2) is 8.58. The van der Waals surface area contributed by atoms with Crippen molar-refractivity contribution in [3.63, 3.8) is 0 Å². The number of carbonyl (C=O) groups is 1. The molecule has 1 fully saturated rings. The van der Waals surface area contributed by atoms with Crippen molar-refractivity contribution in [1.29, 1.82) is 0 Å². The Hall–Kier alpha value is -3.92. The lowest BCUT2D eigenvalue weighted by Gasteiger charge is -2.36. The molecule has 11 heteroatoms. The maximum atomic E-state index is 14.6. The Bertz CT molecular complexity index is 1630. The number of fused-ring (bicyclic) bond motifs is 2. The Morgan fingerprint density at radius 3 is 2.70 bits per heavy atom. The van der Waals surface area contributed by atoms with Crippen LogP contribution in [0.2, 0.25) is 5.02 Å². The molecule has 37 heavy (non-hydrogen) atoms. The first-order valence-corrected chi connectivity index (χ1v) is 11.9. The number of nitrogens with one attached hydrogen (secondary N) is 2. The molecular weight excluding hydrogens is 507 g/mol.